The summed E-state index contributed by atoms with van der Waals surface area (Å²) in [6, 6.07) is 9.32. The largest absolute Gasteiger partial charge is 0.494 e. The van der Waals surface area contributed by atoms with Gasteiger partial charge in [0.25, 0.3) is 0 Å². The number of aliphatic hydroxyl groups is 1. The maximum Gasteiger partial charge on any atom is 0.119 e. The van der Waals surface area contributed by atoms with E-state index in [1.54, 1.807) is 0 Å². The third kappa shape index (κ3) is 6.49. The lowest BCUT2D eigenvalue weighted by Gasteiger charge is -2.15. The van der Waals surface area contributed by atoms with E-state index in [0.717, 1.165) is 30.8 Å². The molecule has 96 valence electrons. The third-order valence-corrected chi connectivity index (χ3v) is 4.52. The van der Waals surface area contributed by atoms with Crippen molar-refractivity contribution in [1.82, 2.24) is 0 Å². The number of rotatable bonds is 7. The van der Waals surface area contributed by atoms with Gasteiger partial charge in [-0.3, -0.25) is 0 Å². The van der Waals surface area contributed by atoms with Crippen LogP contribution in [0.2, 0.25) is 25.7 Å². The van der Waals surface area contributed by atoms with Crippen molar-refractivity contribution in [2.75, 3.05) is 13.2 Å². The Kier molecular flexibility index (Phi) is 5.72. The van der Waals surface area contributed by atoms with Gasteiger partial charge in [0.05, 0.1) is 6.61 Å². The van der Waals surface area contributed by atoms with Crippen LogP contribution in [-0.4, -0.2) is 26.4 Å². The summed E-state index contributed by atoms with van der Waals surface area (Å²) in [7, 11) is -0.923. The SMILES string of the molecule is C[Si](C)(C)CCCOc1ccc(CCO)cc1. The minimum atomic E-state index is -0.923. The van der Waals surface area contributed by atoms with E-state index >= 15 is 0 Å². The first kappa shape index (κ1) is 14.3. The van der Waals surface area contributed by atoms with Crippen LogP contribution in [0.1, 0.15) is 12.0 Å². The molecule has 0 unspecified atom stereocenters. The summed E-state index contributed by atoms with van der Waals surface area (Å²) in [5.41, 5.74) is 1.15. The molecule has 2 nitrogen and oxygen atoms in total. The van der Waals surface area contributed by atoms with E-state index in [1.807, 2.05) is 24.3 Å². The maximum absolute atomic E-state index is 8.81. The summed E-state index contributed by atoms with van der Waals surface area (Å²) in [6.45, 7) is 8.17. The van der Waals surface area contributed by atoms with E-state index in [2.05, 4.69) is 19.6 Å². The molecular weight excluding hydrogens is 228 g/mol. The summed E-state index contributed by atoms with van der Waals surface area (Å²) >= 11 is 0. The van der Waals surface area contributed by atoms with E-state index in [9.17, 15) is 0 Å². The van der Waals surface area contributed by atoms with Gasteiger partial charge >= 0.3 is 0 Å². The Balaban J connectivity index is 2.27. The average molecular weight is 252 g/mol. The third-order valence-electron chi connectivity index (χ3n) is 2.66. The van der Waals surface area contributed by atoms with Crippen molar-refractivity contribution in [2.45, 2.75) is 38.5 Å². The van der Waals surface area contributed by atoms with E-state index in [1.165, 1.54) is 6.04 Å². The van der Waals surface area contributed by atoms with Gasteiger partial charge in [-0.1, -0.05) is 37.8 Å². The van der Waals surface area contributed by atoms with Crippen molar-refractivity contribution in [2.24, 2.45) is 0 Å². The normalized spacial score (nSPS) is 11.5. The molecule has 0 radical (unpaired) electrons. The van der Waals surface area contributed by atoms with Crippen molar-refractivity contribution in [1.29, 1.82) is 0 Å². The zero-order valence-corrected chi connectivity index (χ0v) is 12.2. The number of hydrogen-bond acceptors (Lipinski definition) is 2. The first-order chi connectivity index (χ1) is 8.01. The van der Waals surface area contributed by atoms with Crippen LogP contribution in [-0.2, 0) is 6.42 Å². The molecule has 0 aromatic heterocycles. The summed E-state index contributed by atoms with van der Waals surface area (Å²) in [6.07, 6.45) is 1.87. The zero-order chi connectivity index (χ0) is 12.7. The number of aliphatic hydroxyl groups excluding tert-OH is 1. The van der Waals surface area contributed by atoms with Gasteiger partial charge in [0.2, 0.25) is 0 Å². The lowest BCUT2D eigenvalue weighted by molar-refractivity contribution is 0.299. The minimum absolute atomic E-state index is 0.205. The Bertz CT molecular complexity index is 314. The predicted octanol–water partition coefficient (Wildman–Crippen LogP) is 3.33. The highest BCUT2D eigenvalue weighted by molar-refractivity contribution is 6.76. The van der Waals surface area contributed by atoms with Gasteiger partial charge in [-0.15, -0.1) is 0 Å². The van der Waals surface area contributed by atoms with Crippen LogP contribution in [0, 0.1) is 0 Å². The van der Waals surface area contributed by atoms with Crippen molar-refractivity contribution in [3.05, 3.63) is 29.8 Å². The first-order valence-electron chi connectivity index (χ1n) is 6.34. The second-order valence-electron chi connectivity index (χ2n) is 5.63. The molecule has 3 heteroatoms. The number of benzene rings is 1. The standard InChI is InChI=1S/C14H24O2Si/c1-17(2,3)12-4-11-16-14-7-5-13(6-8-14)9-10-15/h5-8,15H,4,9-12H2,1-3H3. The van der Waals surface area contributed by atoms with Crippen molar-refractivity contribution < 1.29 is 9.84 Å². The van der Waals surface area contributed by atoms with E-state index < -0.39 is 8.07 Å². The Morgan fingerprint density at radius 2 is 1.76 bits per heavy atom. The molecular formula is C14H24O2Si. The molecule has 0 saturated carbocycles. The van der Waals surface area contributed by atoms with Gasteiger partial charge in [0.15, 0.2) is 0 Å². The van der Waals surface area contributed by atoms with Crippen molar-refractivity contribution >= 4 is 8.07 Å². The zero-order valence-electron chi connectivity index (χ0n) is 11.2. The quantitative estimate of drug-likeness (QED) is 0.596. The Hall–Kier alpha value is -0.803. The van der Waals surface area contributed by atoms with E-state index in [-0.39, 0.29) is 6.61 Å². The van der Waals surface area contributed by atoms with Gasteiger partial charge in [-0.25, -0.2) is 0 Å². The molecule has 0 amide bonds. The lowest BCUT2D eigenvalue weighted by Crippen LogP contribution is -2.19. The van der Waals surface area contributed by atoms with Crippen LogP contribution in [0.3, 0.4) is 0 Å². The summed E-state index contributed by atoms with van der Waals surface area (Å²) in [5.74, 6) is 0.933. The average Bonchev–Trinajstić information content (AvgIpc) is 2.26. The minimum Gasteiger partial charge on any atom is -0.494 e. The fourth-order valence-corrected chi connectivity index (χ4v) is 2.88. The number of ether oxygens (including phenoxy) is 1. The monoisotopic (exact) mass is 252 g/mol. The van der Waals surface area contributed by atoms with Gasteiger partial charge in [0, 0.05) is 14.7 Å². The van der Waals surface area contributed by atoms with Crippen molar-refractivity contribution in [3.63, 3.8) is 0 Å². The topological polar surface area (TPSA) is 29.5 Å². The van der Waals surface area contributed by atoms with Crippen LogP contribution >= 0.6 is 0 Å². The molecule has 1 N–H and O–H groups in total. The molecule has 1 rings (SSSR count). The van der Waals surface area contributed by atoms with Gasteiger partial charge in [-0.05, 0) is 30.5 Å². The highest BCUT2D eigenvalue weighted by Crippen LogP contribution is 2.15. The van der Waals surface area contributed by atoms with E-state index in [4.69, 9.17) is 9.84 Å². The lowest BCUT2D eigenvalue weighted by atomic mass is 10.1. The second-order valence-corrected chi connectivity index (χ2v) is 11.3. The van der Waals surface area contributed by atoms with Gasteiger partial charge in [0.1, 0.15) is 5.75 Å². The van der Waals surface area contributed by atoms with Crippen LogP contribution in [0.25, 0.3) is 0 Å². The molecule has 0 spiro atoms. The highest BCUT2D eigenvalue weighted by atomic mass is 28.3. The molecule has 0 aliphatic rings. The highest BCUT2D eigenvalue weighted by Gasteiger charge is 2.11. The summed E-state index contributed by atoms with van der Waals surface area (Å²) < 4.78 is 5.69. The Morgan fingerprint density at radius 3 is 2.29 bits per heavy atom. The summed E-state index contributed by atoms with van der Waals surface area (Å²) in [4.78, 5) is 0. The molecule has 0 saturated heterocycles. The van der Waals surface area contributed by atoms with Crippen LogP contribution in [0.15, 0.2) is 24.3 Å². The van der Waals surface area contributed by atoms with E-state index in [0.29, 0.717) is 0 Å². The Morgan fingerprint density at radius 1 is 1.12 bits per heavy atom. The van der Waals surface area contributed by atoms with Crippen molar-refractivity contribution in [3.8, 4) is 5.75 Å². The molecule has 0 aliphatic heterocycles. The van der Waals surface area contributed by atoms with Gasteiger partial charge in [-0.2, -0.15) is 0 Å². The van der Waals surface area contributed by atoms with Gasteiger partial charge < -0.3 is 9.84 Å². The molecule has 0 heterocycles. The fraction of sp³-hybridized carbons (Fsp3) is 0.571. The first-order valence-corrected chi connectivity index (χ1v) is 10.0. The number of hydrogen-bond donors (Lipinski definition) is 1. The molecule has 0 bridgehead atoms. The van der Waals surface area contributed by atoms with Crippen LogP contribution in [0.4, 0.5) is 0 Å². The molecule has 1 aromatic rings. The van der Waals surface area contributed by atoms with Crippen LogP contribution < -0.4 is 4.74 Å². The maximum atomic E-state index is 8.81. The molecule has 0 aliphatic carbocycles. The second kappa shape index (κ2) is 6.82. The molecule has 1 aromatic carbocycles. The predicted molar refractivity (Wildman–Crippen MR) is 75.5 cm³/mol. The van der Waals surface area contributed by atoms with Crippen LogP contribution in [0.5, 0.6) is 5.75 Å². The smallest absolute Gasteiger partial charge is 0.119 e. The summed E-state index contributed by atoms with van der Waals surface area (Å²) in [5, 5.41) is 8.81. The Labute approximate surface area is 106 Å². The fourth-order valence-electron chi connectivity index (χ4n) is 1.67. The molecule has 0 atom stereocenters. The molecule has 0 fully saturated rings. The molecule has 17 heavy (non-hydrogen) atoms.